The largest absolute Gasteiger partial charge is 0.466 e. The molecule has 1 N–H and O–H groups in total. The molecule has 0 saturated carbocycles. The van der Waals surface area contributed by atoms with Gasteiger partial charge in [0.1, 0.15) is 0 Å². The van der Waals surface area contributed by atoms with Crippen LogP contribution >= 0.6 is 11.6 Å². The van der Waals surface area contributed by atoms with Gasteiger partial charge in [-0.05, 0) is 31.4 Å². The number of nitrogens with zero attached hydrogens (tertiary/aromatic N) is 1. The first kappa shape index (κ1) is 18.1. The molecule has 1 heterocycles. The van der Waals surface area contributed by atoms with E-state index in [1.54, 1.807) is 6.07 Å². The molecule has 0 aromatic heterocycles. The van der Waals surface area contributed by atoms with Crippen molar-refractivity contribution in [2.24, 2.45) is 0 Å². The van der Waals surface area contributed by atoms with Gasteiger partial charge in [-0.3, -0.25) is 0 Å². The average Bonchev–Trinajstić information content (AvgIpc) is 2.59. The topological polar surface area (TPSA) is 62.1 Å². The molecular formula is C19H21ClN2O2. The zero-order chi connectivity index (χ0) is 17.7. The summed E-state index contributed by atoms with van der Waals surface area (Å²) in [7, 11) is 1.35. The third kappa shape index (κ3) is 3.47. The Morgan fingerprint density at radius 1 is 1.42 bits per heavy atom. The van der Waals surface area contributed by atoms with Crippen molar-refractivity contribution in [1.82, 2.24) is 5.32 Å². The summed E-state index contributed by atoms with van der Waals surface area (Å²) >= 11 is 6.37. The molecule has 1 aliphatic rings. The van der Waals surface area contributed by atoms with Gasteiger partial charge in [-0.1, -0.05) is 43.1 Å². The van der Waals surface area contributed by atoms with Crippen molar-refractivity contribution in [3.63, 3.8) is 0 Å². The van der Waals surface area contributed by atoms with E-state index in [9.17, 15) is 10.1 Å². The maximum absolute atomic E-state index is 12.5. The second-order valence-corrected chi connectivity index (χ2v) is 6.12. The standard InChI is InChI=1S/C19H21ClN2O2/c1-4-5-10-16-18(19(23)24-3)17(14(11-21)12(2)22-16)13-8-6-7-9-15(13)20/h6-9,17,22H,4-5,10H2,1-3H3. The molecule has 0 fully saturated rings. The number of carbonyl (C=O) groups excluding carboxylic acids is 1. The molecule has 126 valence electrons. The van der Waals surface area contributed by atoms with E-state index in [1.165, 1.54) is 7.11 Å². The first-order chi connectivity index (χ1) is 11.5. The Hall–Kier alpha value is -2.25. The van der Waals surface area contributed by atoms with Gasteiger partial charge in [-0.2, -0.15) is 5.26 Å². The summed E-state index contributed by atoms with van der Waals surface area (Å²) in [5.74, 6) is -0.942. The SMILES string of the molecule is CCCCC1=C(C(=O)OC)C(c2ccccc2Cl)C(C#N)=C(C)N1. The molecule has 1 aromatic rings. The van der Waals surface area contributed by atoms with Gasteiger partial charge in [0, 0.05) is 16.4 Å². The number of allylic oxidation sites excluding steroid dienone is 3. The van der Waals surface area contributed by atoms with Crippen LogP contribution in [-0.2, 0) is 9.53 Å². The maximum Gasteiger partial charge on any atom is 0.336 e. The number of hydrogen-bond acceptors (Lipinski definition) is 4. The highest BCUT2D eigenvalue weighted by atomic mass is 35.5. The summed E-state index contributed by atoms with van der Waals surface area (Å²) in [5, 5.41) is 13.4. The van der Waals surface area contributed by atoms with E-state index < -0.39 is 11.9 Å². The molecule has 0 spiro atoms. The number of esters is 1. The number of dihydropyridines is 1. The predicted octanol–water partition coefficient (Wildman–Crippen LogP) is 4.44. The van der Waals surface area contributed by atoms with Crippen LogP contribution in [0.5, 0.6) is 0 Å². The lowest BCUT2D eigenvalue weighted by Gasteiger charge is -2.30. The molecule has 1 unspecified atom stereocenters. The molecule has 1 atom stereocenters. The minimum atomic E-state index is -0.510. The second-order valence-electron chi connectivity index (χ2n) is 5.72. The zero-order valence-corrected chi connectivity index (χ0v) is 14.9. The first-order valence-corrected chi connectivity index (χ1v) is 8.36. The molecule has 0 radical (unpaired) electrons. The molecule has 1 aliphatic heterocycles. The molecule has 4 nitrogen and oxygen atoms in total. The highest BCUT2D eigenvalue weighted by molar-refractivity contribution is 6.31. The molecule has 0 aliphatic carbocycles. The highest BCUT2D eigenvalue weighted by Gasteiger charge is 2.35. The van der Waals surface area contributed by atoms with Crippen molar-refractivity contribution < 1.29 is 9.53 Å². The number of nitrogens with one attached hydrogen (secondary N) is 1. The van der Waals surface area contributed by atoms with Gasteiger partial charge in [-0.25, -0.2) is 4.79 Å². The first-order valence-electron chi connectivity index (χ1n) is 7.98. The average molecular weight is 345 g/mol. The van der Waals surface area contributed by atoms with Gasteiger partial charge in [0.25, 0.3) is 0 Å². The van der Waals surface area contributed by atoms with Crippen LogP contribution in [0, 0.1) is 11.3 Å². The Morgan fingerprint density at radius 2 is 2.12 bits per heavy atom. The van der Waals surface area contributed by atoms with E-state index >= 15 is 0 Å². The number of methoxy groups -OCH3 is 1. The van der Waals surface area contributed by atoms with Crippen LogP contribution in [0.3, 0.4) is 0 Å². The van der Waals surface area contributed by atoms with Crippen LogP contribution in [0.1, 0.15) is 44.6 Å². The summed E-state index contributed by atoms with van der Waals surface area (Å²) in [6.07, 6.45) is 2.66. The minimum absolute atomic E-state index is 0.432. The van der Waals surface area contributed by atoms with Crippen molar-refractivity contribution in [3.8, 4) is 6.07 Å². The van der Waals surface area contributed by atoms with Crippen LogP contribution in [-0.4, -0.2) is 13.1 Å². The smallest absolute Gasteiger partial charge is 0.336 e. The highest BCUT2D eigenvalue weighted by Crippen LogP contribution is 2.41. The third-order valence-corrected chi connectivity index (χ3v) is 4.51. The number of unbranched alkanes of at least 4 members (excludes halogenated alkanes) is 1. The summed E-state index contributed by atoms with van der Waals surface area (Å²) in [5.41, 5.74) is 3.27. The van der Waals surface area contributed by atoms with Gasteiger partial charge in [0.2, 0.25) is 0 Å². The van der Waals surface area contributed by atoms with Gasteiger partial charge in [0.15, 0.2) is 0 Å². The van der Waals surface area contributed by atoms with Crippen LogP contribution in [0.2, 0.25) is 5.02 Å². The summed E-state index contributed by atoms with van der Waals surface area (Å²) in [6, 6.07) is 9.53. The quantitative estimate of drug-likeness (QED) is 0.802. The van der Waals surface area contributed by atoms with Gasteiger partial charge in [0.05, 0.1) is 30.2 Å². The fourth-order valence-electron chi connectivity index (χ4n) is 2.97. The number of halogens is 1. The fraction of sp³-hybridized carbons (Fsp3) is 0.368. The van der Waals surface area contributed by atoms with Crippen LogP contribution in [0.4, 0.5) is 0 Å². The van der Waals surface area contributed by atoms with Crippen LogP contribution < -0.4 is 5.32 Å². The normalized spacial score (nSPS) is 17.4. The molecule has 0 saturated heterocycles. The third-order valence-electron chi connectivity index (χ3n) is 4.17. The van der Waals surface area contributed by atoms with Crippen LogP contribution in [0.25, 0.3) is 0 Å². The fourth-order valence-corrected chi connectivity index (χ4v) is 3.21. The van der Waals surface area contributed by atoms with Crippen molar-refractivity contribution in [1.29, 1.82) is 5.26 Å². The number of carbonyl (C=O) groups is 1. The monoisotopic (exact) mass is 344 g/mol. The van der Waals surface area contributed by atoms with E-state index in [4.69, 9.17) is 16.3 Å². The predicted molar refractivity (Wildman–Crippen MR) is 94.2 cm³/mol. The molecule has 1 aromatic carbocycles. The molecule has 5 heteroatoms. The lowest BCUT2D eigenvalue weighted by Crippen LogP contribution is -2.29. The van der Waals surface area contributed by atoms with Crippen molar-refractivity contribution >= 4 is 17.6 Å². The summed E-state index contributed by atoms with van der Waals surface area (Å²) in [4.78, 5) is 12.5. The Bertz CT molecular complexity index is 744. The summed E-state index contributed by atoms with van der Waals surface area (Å²) in [6.45, 7) is 3.94. The maximum atomic E-state index is 12.5. The molecular weight excluding hydrogens is 324 g/mol. The summed E-state index contributed by atoms with van der Waals surface area (Å²) < 4.78 is 5.01. The number of nitriles is 1. The second kappa shape index (κ2) is 8.03. The van der Waals surface area contributed by atoms with E-state index in [0.29, 0.717) is 16.2 Å². The number of rotatable bonds is 5. The molecule has 24 heavy (non-hydrogen) atoms. The van der Waals surface area contributed by atoms with Crippen molar-refractivity contribution in [2.75, 3.05) is 7.11 Å². The molecule has 2 rings (SSSR count). The van der Waals surface area contributed by atoms with E-state index in [0.717, 1.165) is 36.2 Å². The van der Waals surface area contributed by atoms with Gasteiger partial charge in [-0.15, -0.1) is 0 Å². The Kier molecular flexibility index (Phi) is 6.05. The number of hydrogen-bond donors (Lipinski definition) is 1. The van der Waals surface area contributed by atoms with E-state index in [1.807, 2.05) is 25.1 Å². The zero-order valence-electron chi connectivity index (χ0n) is 14.1. The molecule has 0 amide bonds. The van der Waals surface area contributed by atoms with Gasteiger partial charge < -0.3 is 10.1 Å². The number of ether oxygens (including phenoxy) is 1. The van der Waals surface area contributed by atoms with Crippen molar-refractivity contribution in [2.45, 2.75) is 39.0 Å². The number of benzene rings is 1. The lowest BCUT2D eigenvalue weighted by molar-refractivity contribution is -0.136. The molecule has 0 bridgehead atoms. The van der Waals surface area contributed by atoms with Crippen molar-refractivity contribution in [3.05, 3.63) is 57.4 Å². The Morgan fingerprint density at radius 3 is 2.71 bits per heavy atom. The Labute approximate surface area is 147 Å². The van der Waals surface area contributed by atoms with E-state index in [-0.39, 0.29) is 0 Å². The lowest BCUT2D eigenvalue weighted by atomic mass is 9.80. The van der Waals surface area contributed by atoms with Crippen LogP contribution in [0.15, 0.2) is 46.8 Å². The van der Waals surface area contributed by atoms with E-state index in [2.05, 4.69) is 18.3 Å². The van der Waals surface area contributed by atoms with Gasteiger partial charge >= 0.3 is 5.97 Å². The minimum Gasteiger partial charge on any atom is -0.466 e. The Balaban J connectivity index is 2.67.